The number of nitrogens with zero attached hydrogens (tertiary/aromatic N) is 5. The average molecular weight is 407 g/mol. The molecule has 3 aromatic heterocycles. The second-order valence-electron chi connectivity index (χ2n) is 8.57. The van der Waals surface area contributed by atoms with E-state index in [-0.39, 0.29) is 11.9 Å². The van der Waals surface area contributed by atoms with Crippen LogP contribution in [-0.2, 0) is 6.54 Å². The normalized spacial score (nSPS) is 16.8. The van der Waals surface area contributed by atoms with Gasteiger partial charge in [-0.1, -0.05) is 13.8 Å². The lowest BCUT2D eigenvalue weighted by Gasteiger charge is -2.32. The Morgan fingerprint density at radius 1 is 1.10 bits per heavy atom. The topological polar surface area (TPSA) is 75.4 Å². The summed E-state index contributed by atoms with van der Waals surface area (Å²) >= 11 is 0. The number of amides is 1. The van der Waals surface area contributed by atoms with E-state index in [1.54, 1.807) is 12.5 Å². The van der Waals surface area contributed by atoms with Gasteiger partial charge >= 0.3 is 0 Å². The molecule has 1 amide bonds. The van der Waals surface area contributed by atoms with Crippen LogP contribution in [0.4, 0.5) is 0 Å². The van der Waals surface area contributed by atoms with E-state index in [4.69, 9.17) is 0 Å². The van der Waals surface area contributed by atoms with Crippen molar-refractivity contribution in [3.05, 3.63) is 60.1 Å². The van der Waals surface area contributed by atoms with E-state index in [0.717, 1.165) is 32.5 Å². The molecule has 0 spiro atoms. The minimum Gasteiger partial charge on any atom is -0.348 e. The van der Waals surface area contributed by atoms with Gasteiger partial charge in [0.15, 0.2) is 11.3 Å². The van der Waals surface area contributed by atoms with Crippen LogP contribution in [0.25, 0.3) is 5.65 Å². The smallest absolute Gasteiger partial charge is 0.274 e. The van der Waals surface area contributed by atoms with Gasteiger partial charge in [0.05, 0.1) is 0 Å². The van der Waals surface area contributed by atoms with Gasteiger partial charge in [-0.3, -0.25) is 19.1 Å². The van der Waals surface area contributed by atoms with Gasteiger partial charge in [-0.25, -0.2) is 9.97 Å². The zero-order valence-corrected chi connectivity index (χ0v) is 18.0. The van der Waals surface area contributed by atoms with E-state index >= 15 is 0 Å². The third-order valence-corrected chi connectivity index (χ3v) is 6.20. The number of carbonyl (C=O) groups is 1. The Kier molecular flexibility index (Phi) is 6.08. The van der Waals surface area contributed by atoms with Crippen LogP contribution >= 0.6 is 0 Å². The predicted octanol–water partition coefficient (Wildman–Crippen LogP) is 3.28. The van der Waals surface area contributed by atoms with Crippen LogP contribution < -0.4 is 5.32 Å². The summed E-state index contributed by atoms with van der Waals surface area (Å²) in [5.41, 5.74) is 3.53. The molecule has 0 radical (unpaired) electrons. The third kappa shape index (κ3) is 4.36. The van der Waals surface area contributed by atoms with Crippen molar-refractivity contribution in [3.8, 4) is 0 Å². The molecule has 3 aromatic rings. The molecule has 4 rings (SSSR count). The molecule has 1 saturated heterocycles. The van der Waals surface area contributed by atoms with Crippen LogP contribution in [0.15, 0.2) is 43.1 Å². The standard InChI is InChI=1S/C23H30N6O/c1-16(2)17(3)27-23(30)21-22-25-11-6-20(29(22)15-26-21)19-7-12-28(13-8-19)14-18-4-9-24-10-5-18/h4-6,9-11,15-17,19H,7-8,12-14H2,1-3H3,(H,27,30). The second kappa shape index (κ2) is 8.92. The first kappa shape index (κ1) is 20.5. The molecule has 1 unspecified atom stereocenters. The number of fused-ring (bicyclic) bond motifs is 1. The summed E-state index contributed by atoms with van der Waals surface area (Å²) in [7, 11) is 0. The molecular weight excluding hydrogens is 376 g/mol. The van der Waals surface area contributed by atoms with E-state index in [0.29, 0.717) is 23.2 Å². The summed E-state index contributed by atoms with van der Waals surface area (Å²) in [5, 5.41) is 3.04. The molecule has 158 valence electrons. The summed E-state index contributed by atoms with van der Waals surface area (Å²) in [4.78, 5) is 28.2. The second-order valence-corrected chi connectivity index (χ2v) is 8.57. The first-order valence-electron chi connectivity index (χ1n) is 10.8. The minimum absolute atomic E-state index is 0.0853. The van der Waals surface area contributed by atoms with E-state index in [9.17, 15) is 4.79 Å². The van der Waals surface area contributed by atoms with Crippen LogP contribution in [0.1, 0.15) is 61.3 Å². The number of hydrogen-bond donors (Lipinski definition) is 1. The lowest BCUT2D eigenvalue weighted by Crippen LogP contribution is -2.36. The molecule has 1 aliphatic heterocycles. The highest BCUT2D eigenvalue weighted by Gasteiger charge is 2.25. The molecule has 0 aromatic carbocycles. The predicted molar refractivity (Wildman–Crippen MR) is 116 cm³/mol. The number of rotatable bonds is 6. The number of likely N-dealkylation sites (tertiary alicyclic amines) is 1. The van der Waals surface area contributed by atoms with Gasteiger partial charge in [0.25, 0.3) is 5.91 Å². The molecule has 7 nitrogen and oxygen atoms in total. The molecule has 4 heterocycles. The Labute approximate surface area is 177 Å². The fourth-order valence-corrected chi connectivity index (χ4v) is 3.99. The highest BCUT2D eigenvalue weighted by molar-refractivity contribution is 5.98. The number of aromatic nitrogens is 4. The Hall–Kier alpha value is -2.80. The molecule has 1 fully saturated rings. The van der Waals surface area contributed by atoms with Crippen LogP contribution in [-0.4, -0.2) is 49.3 Å². The van der Waals surface area contributed by atoms with E-state index in [2.05, 4.69) is 57.2 Å². The average Bonchev–Trinajstić information content (AvgIpc) is 3.19. The van der Waals surface area contributed by atoms with Gasteiger partial charge in [-0.15, -0.1) is 0 Å². The molecule has 1 N–H and O–H groups in total. The van der Waals surface area contributed by atoms with Crippen molar-refractivity contribution in [2.24, 2.45) is 5.92 Å². The molecule has 30 heavy (non-hydrogen) atoms. The largest absolute Gasteiger partial charge is 0.348 e. The molecule has 1 aliphatic rings. The maximum atomic E-state index is 12.7. The Morgan fingerprint density at radius 3 is 2.53 bits per heavy atom. The zero-order valence-electron chi connectivity index (χ0n) is 18.0. The van der Waals surface area contributed by atoms with Gasteiger partial charge in [0.2, 0.25) is 0 Å². The van der Waals surface area contributed by atoms with Crippen molar-refractivity contribution in [3.63, 3.8) is 0 Å². The van der Waals surface area contributed by atoms with Crippen molar-refractivity contribution >= 4 is 11.6 Å². The van der Waals surface area contributed by atoms with Crippen LogP contribution in [0.2, 0.25) is 0 Å². The van der Waals surface area contributed by atoms with Crippen molar-refractivity contribution < 1.29 is 4.79 Å². The highest BCUT2D eigenvalue weighted by atomic mass is 16.2. The van der Waals surface area contributed by atoms with Gasteiger partial charge in [-0.05, 0) is 62.5 Å². The first-order chi connectivity index (χ1) is 14.5. The fourth-order valence-electron chi connectivity index (χ4n) is 3.99. The van der Waals surface area contributed by atoms with Crippen molar-refractivity contribution in [1.29, 1.82) is 0 Å². The summed E-state index contributed by atoms with van der Waals surface area (Å²) in [5.74, 6) is 0.642. The Balaban J connectivity index is 1.46. The van der Waals surface area contributed by atoms with E-state index < -0.39 is 0 Å². The monoisotopic (exact) mass is 406 g/mol. The lowest BCUT2D eigenvalue weighted by atomic mass is 9.93. The van der Waals surface area contributed by atoms with Gasteiger partial charge in [-0.2, -0.15) is 0 Å². The molecule has 7 heteroatoms. The molecule has 0 aliphatic carbocycles. The van der Waals surface area contributed by atoms with Gasteiger partial charge < -0.3 is 5.32 Å². The molecule has 0 bridgehead atoms. The number of hydrogen-bond acceptors (Lipinski definition) is 5. The maximum Gasteiger partial charge on any atom is 0.274 e. The van der Waals surface area contributed by atoms with Gasteiger partial charge in [0.1, 0.15) is 6.33 Å². The Bertz CT molecular complexity index is 991. The van der Waals surface area contributed by atoms with E-state index in [1.165, 1.54) is 11.3 Å². The van der Waals surface area contributed by atoms with E-state index in [1.807, 2.05) is 23.7 Å². The lowest BCUT2D eigenvalue weighted by molar-refractivity contribution is 0.0927. The summed E-state index contributed by atoms with van der Waals surface area (Å²) in [6.45, 7) is 9.25. The number of pyridine rings is 1. The molecule has 1 atom stereocenters. The maximum absolute atomic E-state index is 12.7. The third-order valence-electron chi connectivity index (χ3n) is 6.20. The fraction of sp³-hybridized carbons (Fsp3) is 0.478. The summed E-state index contributed by atoms with van der Waals surface area (Å²) in [6.07, 6.45) is 9.41. The number of imidazole rings is 1. The van der Waals surface area contributed by atoms with Crippen LogP contribution in [0.5, 0.6) is 0 Å². The SMILES string of the molecule is CC(C)C(C)NC(=O)c1ncn2c(C3CCN(Cc4ccncc4)CC3)ccnc12. The molecule has 0 saturated carbocycles. The molecular formula is C23H30N6O. The van der Waals surface area contributed by atoms with Crippen LogP contribution in [0, 0.1) is 5.92 Å². The van der Waals surface area contributed by atoms with Gasteiger partial charge in [0, 0.05) is 42.8 Å². The zero-order chi connectivity index (χ0) is 21.1. The van der Waals surface area contributed by atoms with Crippen molar-refractivity contribution in [1.82, 2.24) is 29.6 Å². The summed E-state index contributed by atoms with van der Waals surface area (Å²) < 4.78 is 2.00. The van der Waals surface area contributed by atoms with Crippen molar-refractivity contribution in [2.75, 3.05) is 13.1 Å². The van der Waals surface area contributed by atoms with Crippen molar-refractivity contribution in [2.45, 2.75) is 52.1 Å². The number of carbonyl (C=O) groups excluding carboxylic acids is 1. The highest BCUT2D eigenvalue weighted by Crippen LogP contribution is 2.29. The summed E-state index contributed by atoms with van der Waals surface area (Å²) in [6, 6.07) is 6.31. The minimum atomic E-state index is -0.157. The quantitative estimate of drug-likeness (QED) is 0.680. The number of piperidine rings is 1. The number of nitrogens with one attached hydrogen (secondary N) is 1. The van der Waals surface area contributed by atoms with Crippen LogP contribution in [0.3, 0.4) is 0 Å². The first-order valence-corrected chi connectivity index (χ1v) is 10.8. The Morgan fingerprint density at radius 2 is 1.83 bits per heavy atom.